The van der Waals surface area contributed by atoms with Crippen molar-refractivity contribution in [2.75, 3.05) is 6.54 Å². The van der Waals surface area contributed by atoms with Crippen molar-refractivity contribution in [1.29, 1.82) is 0 Å². The molecule has 0 unspecified atom stereocenters. The molecule has 0 aromatic heterocycles. The van der Waals surface area contributed by atoms with Crippen LogP contribution in [0.25, 0.3) is 0 Å². The van der Waals surface area contributed by atoms with Gasteiger partial charge in [0.25, 0.3) is 0 Å². The van der Waals surface area contributed by atoms with Crippen LogP contribution in [0.1, 0.15) is 71.6 Å². The topological polar surface area (TPSA) is 29.1 Å². The van der Waals surface area contributed by atoms with Crippen molar-refractivity contribution >= 4 is 5.91 Å². The number of nitrogens with one attached hydrogen (secondary N) is 1. The summed E-state index contributed by atoms with van der Waals surface area (Å²) in [4.78, 5) is 11.3. The summed E-state index contributed by atoms with van der Waals surface area (Å²) in [6.07, 6.45) is 32.3. The second kappa shape index (κ2) is 19.3. The van der Waals surface area contributed by atoms with Crippen molar-refractivity contribution in [3.05, 3.63) is 48.6 Å². The molecule has 0 heterocycles. The molecule has 0 fully saturated rings. The predicted molar refractivity (Wildman–Crippen MR) is 115 cm³/mol. The summed E-state index contributed by atoms with van der Waals surface area (Å²) in [5, 5.41) is 2.67. The second-order valence-electron chi connectivity index (χ2n) is 6.50. The van der Waals surface area contributed by atoms with E-state index in [2.05, 4.69) is 73.7 Å². The lowest BCUT2D eigenvalue weighted by Gasteiger charge is -1.98. The first-order chi connectivity index (χ1) is 12.7. The third-order valence-corrected chi connectivity index (χ3v) is 3.89. The molecule has 0 aliphatic carbocycles. The maximum Gasteiger partial charge on any atom is 0.220 e. The fourth-order valence-electron chi connectivity index (χ4n) is 2.36. The van der Waals surface area contributed by atoms with Gasteiger partial charge in [-0.15, -0.1) is 6.42 Å². The quantitative estimate of drug-likeness (QED) is 0.214. The second-order valence-corrected chi connectivity index (χ2v) is 6.50. The summed E-state index contributed by atoms with van der Waals surface area (Å²) in [5.74, 6) is 2.95. The summed E-state index contributed by atoms with van der Waals surface area (Å²) in [5.41, 5.74) is 0. The summed E-state index contributed by atoms with van der Waals surface area (Å²) in [7, 11) is 0. The van der Waals surface area contributed by atoms with Crippen molar-refractivity contribution in [2.24, 2.45) is 5.92 Å². The molecule has 0 aliphatic rings. The first-order valence-corrected chi connectivity index (χ1v) is 10.0. The Balaban J connectivity index is 3.62. The van der Waals surface area contributed by atoms with E-state index < -0.39 is 0 Å². The van der Waals surface area contributed by atoms with Crippen molar-refractivity contribution in [2.45, 2.75) is 71.6 Å². The zero-order valence-corrected chi connectivity index (χ0v) is 16.8. The van der Waals surface area contributed by atoms with Gasteiger partial charge in [-0.2, -0.15) is 0 Å². The molecule has 0 radical (unpaired) electrons. The molecular formula is C24H37NO. The number of hydrogen-bond acceptors (Lipinski definition) is 1. The van der Waals surface area contributed by atoms with Gasteiger partial charge in [-0.3, -0.25) is 4.79 Å². The highest BCUT2D eigenvalue weighted by atomic mass is 16.1. The summed E-state index contributed by atoms with van der Waals surface area (Å²) >= 11 is 0. The molecule has 0 aliphatic heterocycles. The molecule has 0 spiro atoms. The predicted octanol–water partition coefficient (Wildman–Crippen LogP) is 6.13. The molecule has 1 atom stereocenters. The number of hydrogen-bond donors (Lipinski definition) is 1. The summed E-state index contributed by atoms with van der Waals surface area (Å²) in [6, 6.07) is 0. The van der Waals surface area contributed by atoms with Crippen LogP contribution in [-0.4, -0.2) is 12.5 Å². The van der Waals surface area contributed by atoms with Crippen LogP contribution >= 0.6 is 0 Å². The molecule has 0 saturated carbocycles. The number of carbonyl (C=O) groups excluding carboxylic acids is 1. The molecule has 0 saturated heterocycles. The zero-order valence-electron chi connectivity index (χ0n) is 16.8. The maximum absolute atomic E-state index is 11.3. The van der Waals surface area contributed by atoms with E-state index in [4.69, 9.17) is 6.42 Å². The van der Waals surface area contributed by atoms with Crippen molar-refractivity contribution in [1.82, 2.24) is 5.32 Å². The molecule has 1 N–H and O–H groups in total. The number of unbranched alkanes of at least 4 members (excludes halogenated alkanes) is 4. The van der Waals surface area contributed by atoms with Crippen LogP contribution in [0.3, 0.4) is 0 Å². The lowest BCUT2D eigenvalue weighted by molar-refractivity contribution is -0.120. The van der Waals surface area contributed by atoms with Crippen molar-refractivity contribution < 1.29 is 4.79 Å². The van der Waals surface area contributed by atoms with Crippen LogP contribution in [0.15, 0.2) is 48.6 Å². The molecule has 0 bridgehead atoms. The number of carbonyl (C=O) groups is 1. The fourth-order valence-corrected chi connectivity index (χ4v) is 2.36. The molecule has 2 heteroatoms. The fraction of sp³-hybridized carbons (Fsp3) is 0.542. The Morgan fingerprint density at radius 2 is 1.62 bits per heavy atom. The van der Waals surface area contributed by atoms with Crippen LogP contribution in [-0.2, 0) is 4.79 Å². The molecule has 144 valence electrons. The van der Waals surface area contributed by atoms with Gasteiger partial charge in [-0.05, 0) is 44.4 Å². The third-order valence-electron chi connectivity index (χ3n) is 3.89. The Labute approximate surface area is 161 Å². The monoisotopic (exact) mass is 355 g/mol. The molecule has 2 nitrogen and oxygen atoms in total. The number of rotatable bonds is 15. The molecular weight excluding hydrogens is 318 g/mol. The number of terminal acetylenes is 1. The lowest BCUT2D eigenvalue weighted by atomic mass is 10.1. The average molecular weight is 356 g/mol. The molecule has 26 heavy (non-hydrogen) atoms. The smallest absolute Gasteiger partial charge is 0.220 e. The highest BCUT2D eigenvalue weighted by Gasteiger charge is 1.96. The van der Waals surface area contributed by atoms with Gasteiger partial charge in [0.2, 0.25) is 5.91 Å². The highest BCUT2D eigenvalue weighted by Crippen LogP contribution is 2.05. The van der Waals surface area contributed by atoms with E-state index >= 15 is 0 Å². The minimum Gasteiger partial charge on any atom is -0.345 e. The van der Waals surface area contributed by atoms with E-state index in [0.717, 1.165) is 25.7 Å². The lowest BCUT2D eigenvalue weighted by Crippen LogP contribution is -2.22. The Hall–Kier alpha value is -2.01. The summed E-state index contributed by atoms with van der Waals surface area (Å²) < 4.78 is 0. The first kappa shape index (κ1) is 24.0. The van der Waals surface area contributed by atoms with Crippen LogP contribution in [0.2, 0.25) is 0 Å². The minimum absolute atomic E-state index is 0.0352. The van der Waals surface area contributed by atoms with E-state index in [0.29, 0.717) is 18.9 Å². The van der Waals surface area contributed by atoms with E-state index in [9.17, 15) is 4.79 Å². The largest absolute Gasteiger partial charge is 0.345 e. The van der Waals surface area contributed by atoms with E-state index in [1.165, 1.54) is 25.7 Å². The van der Waals surface area contributed by atoms with Crippen LogP contribution in [0.4, 0.5) is 0 Å². The average Bonchev–Trinajstić information content (AvgIpc) is 2.64. The van der Waals surface area contributed by atoms with Crippen LogP contribution in [0, 0.1) is 18.3 Å². The normalized spacial score (nSPS) is 13.1. The summed E-state index contributed by atoms with van der Waals surface area (Å²) in [6.45, 7) is 4.79. The van der Waals surface area contributed by atoms with Gasteiger partial charge in [0.1, 0.15) is 0 Å². The molecule has 0 aromatic carbocycles. The van der Waals surface area contributed by atoms with Crippen LogP contribution < -0.4 is 5.32 Å². The van der Waals surface area contributed by atoms with Crippen molar-refractivity contribution in [3.63, 3.8) is 0 Å². The standard InChI is InChI=1S/C24H37NO/c1-4-6-7-13-16-19-23(3)20-17-14-11-9-8-10-12-15-18-21-24(26)25-22-5-2/h2,9-12,16-17,19-20,23H,4,6-8,13-15,18,21-22H2,1,3H3,(H,25,26)/b11-9-,12-10-,19-16-,20-17-/t23-/m0/s1. The van der Waals surface area contributed by atoms with Gasteiger partial charge in [0.05, 0.1) is 6.54 Å². The number of amides is 1. The van der Waals surface area contributed by atoms with E-state index in [-0.39, 0.29) is 5.91 Å². The number of allylic oxidation sites excluding steroid dienone is 8. The van der Waals surface area contributed by atoms with Crippen molar-refractivity contribution in [3.8, 4) is 12.3 Å². The van der Waals surface area contributed by atoms with Gasteiger partial charge in [-0.25, -0.2) is 0 Å². The van der Waals surface area contributed by atoms with Gasteiger partial charge < -0.3 is 5.32 Å². The van der Waals surface area contributed by atoms with Gasteiger partial charge >= 0.3 is 0 Å². The highest BCUT2D eigenvalue weighted by molar-refractivity contribution is 5.76. The zero-order chi connectivity index (χ0) is 19.3. The van der Waals surface area contributed by atoms with E-state index in [1.807, 2.05) is 0 Å². The SMILES string of the molecule is C#CCNC(=O)CCC/C=C\C/C=C\C/C=C\[C@@H](C)/C=C\CCCCC. The molecule has 0 rings (SSSR count). The Kier molecular flexibility index (Phi) is 17.8. The maximum atomic E-state index is 11.3. The Morgan fingerprint density at radius 3 is 2.35 bits per heavy atom. The minimum atomic E-state index is 0.0352. The van der Waals surface area contributed by atoms with Crippen LogP contribution in [0.5, 0.6) is 0 Å². The van der Waals surface area contributed by atoms with Gasteiger partial charge in [0, 0.05) is 6.42 Å². The van der Waals surface area contributed by atoms with Gasteiger partial charge in [0.15, 0.2) is 0 Å². The third kappa shape index (κ3) is 18.3. The first-order valence-electron chi connectivity index (χ1n) is 10.0. The Bertz CT molecular complexity index is 491. The Morgan fingerprint density at radius 1 is 0.962 bits per heavy atom. The molecule has 0 aromatic rings. The molecule has 1 amide bonds. The van der Waals surface area contributed by atoms with Gasteiger partial charge in [-0.1, -0.05) is 81.2 Å². The van der Waals surface area contributed by atoms with E-state index in [1.54, 1.807) is 0 Å².